The number of thiophene rings is 1. The molecule has 4 heteroatoms. The van der Waals surface area contributed by atoms with Crippen LogP contribution < -0.4 is 5.32 Å². The van der Waals surface area contributed by atoms with Gasteiger partial charge in [0.2, 0.25) is 0 Å². The Hall–Kier alpha value is -1.65. The maximum Gasteiger partial charge on any atom is 0.261 e. The number of hydrogen-bond acceptors (Lipinski definition) is 3. The third kappa shape index (κ3) is 2.19. The summed E-state index contributed by atoms with van der Waals surface area (Å²) in [4.78, 5) is 14.6. The summed E-state index contributed by atoms with van der Waals surface area (Å²) in [5.41, 5.74) is 3.50. The minimum Gasteiger partial charge on any atom is -0.390 e. The van der Waals surface area contributed by atoms with Gasteiger partial charge in [0.1, 0.15) is 0 Å². The normalized spacial score (nSPS) is 22.9. The van der Waals surface area contributed by atoms with Crippen LogP contribution in [-0.4, -0.2) is 17.1 Å². The molecule has 2 aliphatic rings. The van der Waals surface area contributed by atoms with Gasteiger partial charge in [0, 0.05) is 11.3 Å². The molecular formula is C17H17NO2S. The van der Waals surface area contributed by atoms with Crippen molar-refractivity contribution in [3.05, 3.63) is 56.8 Å². The zero-order chi connectivity index (χ0) is 14.4. The van der Waals surface area contributed by atoms with Gasteiger partial charge in [-0.1, -0.05) is 24.3 Å². The van der Waals surface area contributed by atoms with E-state index in [0.717, 1.165) is 28.8 Å². The van der Waals surface area contributed by atoms with Crippen molar-refractivity contribution in [2.45, 2.75) is 37.8 Å². The first-order chi connectivity index (χ1) is 10.2. The van der Waals surface area contributed by atoms with Crippen LogP contribution in [0.1, 0.15) is 43.7 Å². The molecule has 4 rings (SSSR count). The van der Waals surface area contributed by atoms with E-state index in [4.69, 9.17) is 0 Å². The fourth-order valence-corrected chi connectivity index (χ4v) is 4.56. The summed E-state index contributed by atoms with van der Waals surface area (Å²) in [6.07, 6.45) is 3.48. The van der Waals surface area contributed by atoms with E-state index < -0.39 is 6.10 Å². The highest BCUT2D eigenvalue weighted by Crippen LogP contribution is 2.33. The maximum atomic E-state index is 12.4. The van der Waals surface area contributed by atoms with Gasteiger partial charge in [0.15, 0.2) is 0 Å². The van der Waals surface area contributed by atoms with Crippen LogP contribution in [0.4, 0.5) is 0 Å². The zero-order valence-corrected chi connectivity index (χ0v) is 12.5. The first-order valence-electron chi connectivity index (χ1n) is 7.40. The Morgan fingerprint density at radius 2 is 2.10 bits per heavy atom. The van der Waals surface area contributed by atoms with Crippen molar-refractivity contribution in [1.29, 1.82) is 0 Å². The minimum atomic E-state index is -0.529. The van der Waals surface area contributed by atoms with Gasteiger partial charge in [-0.3, -0.25) is 4.79 Å². The van der Waals surface area contributed by atoms with Crippen molar-refractivity contribution >= 4 is 17.2 Å². The Morgan fingerprint density at radius 1 is 1.24 bits per heavy atom. The SMILES string of the molecule is O=C(N[C@@H]1c2ccccc2C[C@@H]1O)c1cc2c(s1)CCC2. The van der Waals surface area contributed by atoms with Crippen LogP contribution in [0.25, 0.3) is 0 Å². The molecule has 108 valence electrons. The number of carbonyl (C=O) groups is 1. The summed E-state index contributed by atoms with van der Waals surface area (Å²) >= 11 is 1.60. The van der Waals surface area contributed by atoms with Crippen molar-refractivity contribution in [3.8, 4) is 0 Å². The van der Waals surface area contributed by atoms with E-state index in [1.54, 1.807) is 11.3 Å². The van der Waals surface area contributed by atoms with E-state index in [2.05, 4.69) is 5.32 Å². The average Bonchev–Trinajstić information content (AvgIpc) is 3.12. The monoisotopic (exact) mass is 299 g/mol. The highest BCUT2D eigenvalue weighted by molar-refractivity contribution is 7.14. The Labute approximate surface area is 127 Å². The predicted octanol–water partition coefficient (Wildman–Crippen LogP) is 2.62. The molecule has 0 radical (unpaired) electrons. The lowest BCUT2D eigenvalue weighted by Crippen LogP contribution is -2.33. The van der Waals surface area contributed by atoms with E-state index >= 15 is 0 Å². The molecule has 0 aliphatic heterocycles. The number of fused-ring (bicyclic) bond motifs is 2. The van der Waals surface area contributed by atoms with Gasteiger partial charge in [-0.25, -0.2) is 0 Å². The standard InChI is InChI=1S/C17H17NO2S/c19-13-8-10-4-1-2-6-12(10)16(13)18-17(20)15-9-11-5-3-7-14(11)21-15/h1-2,4,6,9,13,16,19H,3,5,7-8H2,(H,18,20)/t13-,16+/m0/s1. The molecule has 2 atom stereocenters. The smallest absolute Gasteiger partial charge is 0.261 e. The highest BCUT2D eigenvalue weighted by Gasteiger charge is 2.32. The Morgan fingerprint density at radius 3 is 2.95 bits per heavy atom. The number of carbonyl (C=O) groups excluding carboxylic acids is 1. The van der Waals surface area contributed by atoms with Crippen LogP contribution in [0.2, 0.25) is 0 Å². The topological polar surface area (TPSA) is 49.3 Å². The molecule has 0 unspecified atom stereocenters. The molecule has 1 aromatic carbocycles. The van der Waals surface area contributed by atoms with E-state index in [9.17, 15) is 9.90 Å². The number of hydrogen-bond donors (Lipinski definition) is 2. The molecule has 0 fully saturated rings. The van der Waals surface area contributed by atoms with Gasteiger partial charge >= 0.3 is 0 Å². The second kappa shape index (κ2) is 4.97. The molecule has 1 amide bonds. The van der Waals surface area contributed by atoms with E-state index in [1.165, 1.54) is 16.9 Å². The van der Waals surface area contributed by atoms with E-state index in [-0.39, 0.29) is 11.9 Å². The molecule has 0 saturated heterocycles. The van der Waals surface area contributed by atoms with Crippen molar-refractivity contribution < 1.29 is 9.90 Å². The van der Waals surface area contributed by atoms with Gasteiger partial charge in [-0.05, 0) is 42.0 Å². The molecule has 21 heavy (non-hydrogen) atoms. The Balaban J connectivity index is 1.56. The zero-order valence-electron chi connectivity index (χ0n) is 11.6. The summed E-state index contributed by atoms with van der Waals surface area (Å²) in [5.74, 6) is -0.0600. The second-order valence-electron chi connectivity index (χ2n) is 5.83. The number of aliphatic hydroxyl groups excluding tert-OH is 1. The summed E-state index contributed by atoms with van der Waals surface area (Å²) < 4.78 is 0. The first kappa shape index (κ1) is 13.0. The molecule has 3 nitrogen and oxygen atoms in total. The minimum absolute atomic E-state index is 0.0600. The highest BCUT2D eigenvalue weighted by atomic mass is 32.1. The molecule has 0 saturated carbocycles. The summed E-state index contributed by atoms with van der Waals surface area (Å²) in [5, 5.41) is 13.2. The summed E-state index contributed by atoms with van der Waals surface area (Å²) in [7, 11) is 0. The lowest BCUT2D eigenvalue weighted by molar-refractivity contribution is 0.0862. The molecule has 2 N–H and O–H groups in total. The Bertz CT molecular complexity index is 685. The summed E-state index contributed by atoms with van der Waals surface area (Å²) in [6, 6.07) is 9.67. The van der Waals surface area contributed by atoms with Gasteiger partial charge in [0.05, 0.1) is 17.0 Å². The molecule has 1 aromatic heterocycles. The maximum absolute atomic E-state index is 12.4. The first-order valence-corrected chi connectivity index (χ1v) is 8.22. The number of aryl methyl sites for hydroxylation is 2. The number of amides is 1. The van der Waals surface area contributed by atoms with E-state index in [1.807, 2.05) is 30.3 Å². The molecular weight excluding hydrogens is 282 g/mol. The predicted molar refractivity (Wildman–Crippen MR) is 82.7 cm³/mol. The molecule has 1 heterocycles. The average molecular weight is 299 g/mol. The van der Waals surface area contributed by atoms with Crippen molar-refractivity contribution in [2.75, 3.05) is 0 Å². The van der Waals surface area contributed by atoms with Gasteiger partial charge in [-0.2, -0.15) is 0 Å². The van der Waals surface area contributed by atoms with Crippen molar-refractivity contribution in [1.82, 2.24) is 5.32 Å². The van der Waals surface area contributed by atoms with Crippen LogP contribution >= 0.6 is 11.3 Å². The largest absolute Gasteiger partial charge is 0.390 e. The number of nitrogens with one attached hydrogen (secondary N) is 1. The lowest BCUT2D eigenvalue weighted by atomic mass is 10.1. The molecule has 2 aromatic rings. The number of benzene rings is 1. The third-order valence-corrected chi connectivity index (χ3v) is 5.70. The second-order valence-corrected chi connectivity index (χ2v) is 6.97. The molecule has 0 bridgehead atoms. The molecule has 0 spiro atoms. The number of aliphatic hydroxyl groups is 1. The van der Waals surface area contributed by atoms with Crippen LogP contribution in [0.3, 0.4) is 0 Å². The lowest BCUT2D eigenvalue weighted by Gasteiger charge is -2.17. The van der Waals surface area contributed by atoms with Gasteiger partial charge in [0.25, 0.3) is 5.91 Å². The van der Waals surface area contributed by atoms with E-state index in [0.29, 0.717) is 6.42 Å². The fourth-order valence-electron chi connectivity index (χ4n) is 3.40. The molecule has 2 aliphatic carbocycles. The van der Waals surface area contributed by atoms with Crippen LogP contribution in [0, 0.1) is 0 Å². The van der Waals surface area contributed by atoms with Gasteiger partial charge in [-0.15, -0.1) is 11.3 Å². The van der Waals surface area contributed by atoms with Crippen LogP contribution in [0.5, 0.6) is 0 Å². The van der Waals surface area contributed by atoms with Crippen LogP contribution in [0.15, 0.2) is 30.3 Å². The van der Waals surface area contributed by atoms with Crippen molar-refractivity contribution in [2.24, 2.45) is 0 Å². The quantitative estimate of drug-likeness (QED) is 0.895. The number of rotatable bonds is 2. The summed E-state index contributed by atoms with van der Waals surface area (Å²) in [6.45, 7) is 0. The Kier molecular flexibility index (Phi) is 3.08. The van der Waals surface area contributed by atoms with Crippen LogP contribution in [-0.2, 0) is 19.3 Å². The third-order valence-electron chi connectivity index (χ3n) is 4.46. The van der Waals surface area contributed by atoms with Gasteiger partial charge < -0.3 is 10.4 Å². The fraction of sp³-hybridized carbons (Fsp3) is 0.353. The van der Waals surface area contributed by atoms with Crippen molar-refractivity contribution in [3.63, 3.8) is 0 Å².